The summed E-state index contributed by atoms with van der Waals surface area (Å²) in [5.74, 6) is -0.317. The highest BCUT2D eigenvalue weighted by molar-refractivity contribution is 6.74. The Morgan fingerprint density at radius 2 is 1.81 bits per heavy atom. The van der Waals surface area contributed by atoms with Crippen molar-refractivity contribution in [2.75, 3.05) is 25.4 Å². The number of carbonyl (C=O) groups excluding carboxylic acids is 1. The molecule has 0 aliphatic carbocycles. The minimum absolute atomic E-state index is 0.0777. The van der Waals surface area contributed by atoms with Gasteiger partial charge < -0.3 is 24.5 Å². The van der Waals surface area contributed by atoms with Gasteiger partial charge in [-0.1, -0.05) is 26.8 Å². The average Bonchev–Trinajstić information content (AvgIpc) is 2.63. The van der Waals surface area contributed by atoms with Crippen molar-refractivity contribution in [3.05, 3.63) is 29.6 Å². The van der Waals surface area contributed by atoms with Crippen LogP contribution in [0.2, 0.25) is 18.1 Å². The topological polar surface area (TPSA) is 74.0 Å². The van der Waals surface area contributed by atoms with Crippen LogP contribution in [0.1, 0.15) is 53.5 Å². The number of hydrogen-bond acceptors (Lipinski definition) is 5. The van der Waals surface area contributed by atoms with Crippen LogP contribution >= 0.6 is 0 Å². The number of rotatable bonds is 6. The predicted octanol–water partition coefficient (Wildman–Crippen LogP) is 5.37. The van der Waals surface area contributed by atoms with E-state index in [1.54, 1.807) is 17.0 Å². The molecule has 0 radical (unpaired) electrons. The van der Waals surface area contributed by atoms with Gasteiger partial charge in [-0.3, -0.25) is 0 Å². The van der Waals surface area contributed by atoms with Gasteiger partial charge in [-0.05, 0) is 63.9 Å². The van der Waals surface area contributed by atoms with Crippen molar-refractivity contribution in [1.82, 2.24) is 4.90 Å². The van der Waals surface area contributed by atoms with Crippen LogP contribution in [0.3, 0.4) is 0 Å². The number of nitrogens with two attached hydrogens (primary N) is 1. The lowest BCUT2D eigenvalue weighted by Gasteiger charge is -2.41. The first-order chi connectivity index (χ1) is 14.6. The van der Waals surface area contributed by atoms with E-state index in [-0.39, 0.29) is 29.2 Å². The van der Waals surface area contributed by atoms with Gasteiger partial charge in [0, 0.05) is 11.3 Å². The summed E-state index contributed by atoms with van der Waals surface area (Å²) in [5, 5.41) is 0.0777. The fourth-order valence-electron chi connectivity index (χ4n) is 3.31. The van der Waals surface area contributed by atoms with Crippen LogP contribution in [0.5, 0.6) is 0 Å². The van der Waals surface area contributed by atoms with Crippen molar-refractivity contribution in [2.24, 2.45) is 0 Å². The average molecular weight is 469 g/mol. The summed E-state index contributed by atoms with van der Waals surface area (Å²) < 4.78 is 32.5. The number of hydrogen-bond donors (Lipinski definition) is 1. The van der Waals surface area contributed by atoms with Crippen LogP contribution in [0.25, 0.3) is 0 Å². The zero-order chi connectivity index (χ0) is 24.3. The molecule has 1 aromatic rings. The molecule has 0 spiro atoms. The second kappa shape index (κ2) is 10.1. The van der Waals surface area contributed by atoms with Crippen LogP contribution in [0.15, 0.2) is 18.2 Å². The molecule has 0 aromatic heterocycles. The summed E-state index contributed by atoms with van der Waals surface area (Å²) in [7, 11) is -1.97. The highest BCUT2D eigenvalue weighted by Crippen LogP contribution is 2.37. The quantitative estimate of drug-likeness (QED) is 0.449. The summed E-state index contributed by atoms with van der Waals surface area (Å²) in [4.78, 5) is 14.5. The Morgan fingerprint density at radius 3 is 2.38 bits per heavy atom. The van der Waals surface area contributed by atoms with Crippen molar-refractivity contribution in [2.45, 2.75) is 90.3 Å². The van der Waals surface area contributed by atoms with E-state index >= 15 is 0 Å². The third-order valence-corrected chi connectivity index (χ3v) is 10.7. The number of nitrogens with zero attached hydrogens (tertiary/aromatic N) is 1. The van der Waals surface area contributed by atoms with Gasteiger partial charge in [-0.25, -0.2) is 9.18 Å². The van der Waals surface area contributed by atoms with Crippen molar-refractivity contribution < 1.29 is 23.1 Å². The molecule has 2 N–H and O–H groups in total. The fraction of sp³-hybridized carbons (Fsp3) is 0.708. The number of anilines is 1. The van der Waals surface area contributed by atoms with Gasteiger partial charge in [-0.15, -0.1) is 0 Å². The summed E-state index contributed by atoms with van der Waals surface area (Å²) in [5.41, 5.74) is 6.30. The minimum Gasteiger partial charge on any atom is -0.444 e. The third-order valence-electron chi connectivity index (χ3n) is 6.19. The molecular formula is C24H41FN2O4Si. The zero-order valence-corrected chi connectivity index (χ0v) is 22.0. The molecule has 1 heterocycles. The number of carbonyl (C=O) groups is 1. The van der Waals surface area contributed by atoms with Crippen LogP contribution in [-0.2, 0) is 20.3 Å². The van der Waals surface area contributed by atoms with Crippen LogP contribution in [-0.4, -0.2) is 56.8 Å². The molecule has 2 rings (SSSR count). The fourth-order valence-corrected chi connectivity index (χ4v) is 4.35. The second-order valence-electron chi connectivity index (χ2n) is 11.2. The molecular weight excluding hydrogens is 427 g/mol. The maximum absolute atomic E-state index is 14.2. The van der Waals surface area contributed by atoms with Crippen molar-refractivity contribution in [3.63, 3.8) is 0 Å². The first-order valence-corrected chi connectivity index (χ1v) is 14.3. The van der Waals surface area contributed by atoms with Crippen molar-refractivity contribution >= 4 is 20.1 Å². The van der Waals surface area contributed by atoms with E-state index in [1.807, 2.05) is 20.8 Å². The smallest absolute Gasteiger partial charge is 0.410 e. The number of ether oxygens (including phenoxy) is 2. The summed E-state index contributed by atoms with van der Waals surface area (Å²) >= 11 is 0. The maximum Gasteiger partial charge on any atom is 0.410 e. The van der Waals surface area contributed by atoms with Crippen molar-refractivity contribution in [3.8, 4) is 0 Å². The van der Waals surface area contributed by atoms with E-state index < -0.39 is 13.9 Å². The Labute approximate surface area is 193 Å². The lowest BCUT2D eigenvalue weighted by molar-refractivity contribution is -0.103. The molecule has 2 atom stereocenters. The molecule has 182 valence electrons. The first-order valence-electron chi connectivity index (χ1n) is 11.4. The minimum atomic E-state index is -1.97. The zero-order valence-electron chi connectivity index (χ0n) is 21.0. The van der Waals surface area contributed by atoms with Gasteiger partial charge in [0.25, 0.3) is 0 Å². The van der Waals surface area contributed by atoms with Crippen LogP contribution in [0.4, 0.5) is 14.9 Å². The lowest BCUT2D eigenvalue weighted by Crippen LogP contribution is -2.54. The molecule has 1 aliphatic rings. The summed E-state index contributed by atoms with van der Waals surface area (Å²) in [6, 6.07) is 4.71. The molecule has 1 amide bonds. The Kier molecular flexibility index (Phi) is 8.39. The van der Waals surface area contributed by atoms with Gasteiger partial charge in [0.2, 0.25) is 0 Å². The number of morpholine rings is 1. The van der Waals surface area contributed by atoms with Gasteiger partial charge in [0.05, 0.1) is 31.9 Å². The van der Waals surface area contributed by atoms with Crippen molar-refractivity contribution in [1.29, 1.82) is 0 Å². The van der Waals surface area contributed by atoms with E-state index in [9.17, 15) is 9.18 Å². The molecule has 6 nitrogen and oxygen atoms in total. The third kappa shape index (κ3) is 7.45. The van der Waals surface area contributed by atoms with Gasteiger partial charge in [-0.2, -0.15) is 0 Å². The van der Waals surface area contributed by atoms with E-state index in [1.165, 1.54) is 6.07 Å². The Bertz CT molecular complexity index is 769. The number of amides is 1. The largest absolute Gasteiger partial charge is 0.444 e. The SMILES string of the molecule is CC(C)(C)OC(=O)N1CC(CCc2c(N)cccc2F)OC(CO[Si](C)(C)C(C)(C)C)C1. The van der Waals surface area contributed by atoms with E-state index in [4.69, 9.17) is 19.6 Å². The molecule has 32 heavy (non-hydrogen) atoms. The number of benzene rings is 1. The monoisotopic (exact) mass is 468 g/mol. The molecule has 8 heteroatoms. The number of nitrogen functional groups attached to an aromatic ring is 1. The molecule has 1 fully saturated rings. The molecule has 0 bridgehead atoms. The van der Waals surface area contributed by atoms with Gasteiger partial charge in [0.15, 0.2) is 8.32 Å². The number of halogens is 1. The molecule has 1 aliphatic heterocycles. The molecule has 1 aromatic carbocycles. The standard InChI is InChI=1S/C24H41FN2O4Si/c1-23(2,3)31-22(28)27-14-17(12-13-19-20(25)10-9-11-21(19)26)30-18(15-27)16-29-32(7,8)24(4,5)6/h9-11,17-18H,12-16,26H2,1-8H3. The van der Waals surface area contributed by atoms with Gasteiger partial charge in [0.1, 0.15) is 11.4 Å². The van der Waals surface area contributed by atoms with Crippen LogP contribution < -0.4 is 5.73 Å². The first kappa shape index (κ1) is 26.6. The molecule has 2 unspecified atom stereocenters. The molecule has 0 saturated carbocycles. The van der Waals surface area contributed by atoms with Gasteiger partial charge >= 0.3 is 6.09 Å². The Morgan fingerprint density at radius 1 is 1.19 bits per heavy atom. The lowest BCUT2D eigenvalue weighted by atomic mass is 10.0. The Balaban J connectivity index is 2.11. The van der Waals surface area contributed by atoms with Crippen LogP contribution in [0, 0.1) is 5.82 Å². The van der Waals surface area contributed by atoms with E-state index in [2.05, 4.69) is 33.9 Å². The Hall–Kier alpha value is -1.64. The normalized spacial score (nSPS) is 20.3. The highest BCUT2D eigenvalue weighted by atomic mass is 28.4. The summed E-state index contributed by atoms with van der Waals surface area (Å²) in [6.45, 7) is 17.7. The predicted molar refractivity (Wildman–Crippen MR) is 129 cm³/mol. The summed E-state index contributed by atoms with van der Waals surface area (Å²) in [6.07, 6.45) is 0.0764. The molecule has 1 saturated heterocycles. The highest BCUT2D eigenvalue weighted by Gasteiger charge is 2.39. The second-order valence-corrected chi connectivity index (χ2v) is 16.0. The maximum atomic E-state index is 14.2. The van der Waals surface area contributed by atoms with E-state index in [0.29, 0.717) is 43.8 Å². The van der Waals surface area contributed by atoms with E-state index in [0.717, 1.165) is 0 Å².